The Kier molecular flexibility index (Phi) is 5.48. The molecule has 1 N–H and O–H groups in total. The number of ether oxygens (including phenoxy) is 2. The molecule has 1 heterocycles. The second kappa shape index (κ2) is 7.97. The van der Waals surface area contributed by atoms with Crippen molar-refractivity contribution < 1.29 is 18.7 Å². The van der Waals surface area contributed by atoms with Crippen molar-refractivity contribution in [3.63, 3.8) is 0 Å². The topological polar surface area (TPSA) is 60.5 Å². The lowest BCUT2D eigenvalue weighted by Gasteiger charge is -2.08. The minimum atomic E-state index is -0.351. The van der Waals surface area contributed by atoms with E-state index in [2.05, 4.69) is 10.3 Å². The van der Waals surface area contributed by atoms with E-state index in [0.717, 1.165) is 5.56 Å². The number of carbonyl (C=O) groups is 1. The number of hydrogen-bond donors (Lipinski definition) is 1. The van der Waals surface area contributed by atoms with Gasteiger partial charge >= 0.3 is 0 Å². The van der Waals surface area contributed by atoms with Crippen molar-refractivity contribution in [1.82, 2.24) is 10.3 Å². The predicted octanol–water partition coefficient (Wildman–Crippen LogP) is 3.90. The van der Waals surface area contributed by atoms with Gasteiger partial charge in [0.1, 0.15) is 16.5 Å². The summed E-state index contributed by atoms with van der Waals surface area (Å²) in [4.78, 5) is 16.6. The van der Waals surface area contributed by atoms with Crippen LogP contribution in [-0.4, -0.2) is 25.1 Å². The summed E-state index contributed by atoms with van der Waals surface area (Å²) < 4.78 is 24.1. The largest absolute Gasteiger partial charge is 0.493 e. The van der Waals surface area contributed by atoms with E-state index in [1.807, 2.05) is 6.07 Å². The molecule has 0 fully saturated rings. The maximum atomic E-state index is 13.6. The molecule has 3 aromatic rings. The Hall–Kier alpha value is -2.93. The first-order chi connectivity index (χ1) is 12.6. The molecule has 5 nitrogen and oxygen atoms in total. The lowest BCUT2D eigenvalue weighted by molar-refractivity contribution is 0.0946. The van der Waals surface area contributed by atoms with E-state index in [4.69, 9.17) is 9.47 Å². The summed E-state index contributed by atoms with van der Waals surface area (Å²) in [7, 11) is 3.13. The minimum Gasteiger partial charge on any atom is -0.493 e. The molecule has 0 bridgehead atoms. The number of benzene rings is 2. The van der Waals surface area contributed by atoms with Gasteiger partial charge in [-0.1, -0.05) is 18.2 Å². The number of carbonyl (C=O) groups excluding carboxylic acids is 1. The highest BCUT2D eigenvalue weighted by molar-refractivity contribution is 7.13. The van der Waals surface area contributed by atoms with Crippen LogP contribution in [0.25, 0.3) is 10.6 Å². The zero-order valence-corrected chi connectivity index (χ0v) is 15.1. The summed E-state index contributed by atoms with van der Waals surface area (Å²) in [5, 5.41) is 5.03. The molecular formula is C19H17FN2O3S. The van der Waals surface area contributed by atoms with Crippen molar-refractivity contribution >= 4 is 17.2 Å². The summed E-state index contributed by atoms with van der Waals surface area (Å²) in [5.41, 5.74) is 1.54. The van der Waals surface area contributed by atoms with Crippen LogP contribution in [0, 0.1) is 5.82 Å². The number of rotatable bonds is 6. The molecule has 0 saturated carbocycles. The Morgan fingerprint density at radius 2 is 1.92 bits per heavy atom. The fourth-order valence-corrected chi connectivity index (χ4v) is 3.18. The average molecular weight is 372 g/mol. The first kappa shape index (κ1) is 17.9. The van der Waals surface area contributed by atoms with Crippen LogP contribution >= 0.6 is 11.3 Å². The Morgan fingerprint density at radius 1 is 1.15 bits per heavy atom. The zero-order chi connectivity index (χ0) is 18.5. The van der Waals surface area contributed by atoms with E-state index < -0.39 is 0 Å². The second-order valence-corrected chi connectivity index (χ2v) is 6.24. The van der Waals surface area contributed by atoms with E-state index in [1.54, 1.807) is 49.9 Å². The molecule has 0 spiro atoms. The van der Waals surface area contributed by atoms with Crippen LogP contribution in [0.4, 0.5) is 4.39 Å². The number of halogens is 1. The van der Waals surface area contributed by atoms with Crippen LogP contribution in [0.2, 0.25) is 0 Å². The van der Waals surface area contributed by atoms with Crippen molar-refractivity contribution in [1.29, 1.82) is 0 Å². The zero-order valence-electron chi connectivity index (χ0n) is 14.3. The number of aromatic nitrogens is 1. The van der Waals surface area contributed by atoms with Gasteiger partial charge in [0.05, 0.1) is 14.2 Å². The highest BCUT2D eigenvalue weighted by Crippen LogP contribution is 2.33. The molecule has 3 rings (SSSR count). The highest BCUT2D eigenvalue weighted by Gasteiger charge is 2.14. The second-order valence-electron chi connectivity index (χ2n) is 5.38. The molecule has 1 aromatic heterocycles. The van der Waals surface area contributed by atoms with E-state index in [-0.39, 0.29) is 24.0 Å². The number of thiazole rings is 1. The molecule has 0 unspecified atom stereocenters. The molecule has 0 radical (unpaired) electrons. The third-order valence-electron chi connectivity index (χ3n) is 3.76. The fourth-order valence-electron chi connectivity index (χ4n) is 2.39. The number of hydrogen-bond acceptors (Lipinski definition) is 5. The monoisotopic (exact) mass is 372 g/mol. The lowest BCUT2D eigenvalue weighted by atomic mass is 10.2. The molecule has 0 saturated heterocycles. The molecule has 1 amide bonds. The van der Waals surface area contributed by atoms with Crippen molar-refractivity contribution in [2.75, 3.05) is 14.2 Å². The van der Waals surface area contributed by atoms with Crippen LogP contribution < -0.4 is 14.8 Å². The maximum absolute atomic E-state index is 13.6. The summed E-state index contributed by atoms with van der Waals surface area (Å²) in [6, 6.07) is 11.8. The van der Waals surface area contributed by atoms with Gasteiger partial charge < -0.3 is 14.8 Å². The molecule has 2 aromatic carbocycles. The van der Waals surface area contributed by atoms with Gasteiger partial charge in [-0.2, -0.15) is 0 Å². The summed E-state index contributed by atoms with van der Waals surface area (Å²) >= 11 is 1.35. The summed E-state index contributed by atoms with van der Waals surface area (Å²) in [5.74, 6) is 0.509. The Bertz CT molecular complexity index is 927. The highest BCUT2D eigenvalue weighted by atomic mass is 32.1. The van der Waals surface area contributed by atoms with Crippen LogP contribution in [0.3, 0.4) is 0 Å². The smallest absolute Gasteiger partial charge is 0.271 e. The van der Waals surface area contributed by atoms with Crippen LogP contribution in [-0.2, 0) is 6.54 Å². The van der Waals surface area contributed by atoms with Crippen molar-refractivity contribution in [2.45, 2.75) is 6.54 Å². The SMILES string of the molecule is COc1ccc(-c2nc(C(=O)NCc3ccccc3F)cs2)cc1OC. The van der Waals surface area contributed by atoms with E-state index in [1.165, 1.54) is 17.4 Å². The van der Waals surface area contributed by atoms with Crippen LogP contribution in [0.1, 0.15) is 16.1 Å². The van der Waals surface area contributed by atoms with E-state index >= 15 is 0 Å². The predicted molar refractivity (Wildman–Crippen MR) is 98.2 cm³/mol. The third-order valence-corrected chi connectivity index (χ3v) is 4.66. The third kappa shape index (κ3) is 3.83. The molecule has 7 heteroatoms. The van der Waals surface area contributed by atoms with Gasteiger partial charge in [-0.3, -0.25) is 4.79 Å². The Morgan fingerprint density at radius 3 is 2.65 bits per heavy atom. The van der Waals surface area contributed by atoms with Gasteiger partial charge in [0.2, 0.25) is 0 Å². The molecule has 26 heavy (non-hydrogen) atoms. The van der Waals surface area contributed by atoms with Gasteiger partial charge in [0, 0.05) is 23.1 Å². The summed E-state index contributed by atoms with van der Waals surface area (Å²) in [6.45, 7) is 0.106. The van der Waals surface area contributed by atoms with Gasteiger partial charge in [-0.25, -0.2) is 9.37 Å². The maximum Gasteiger partial charge on any atom is 0.271 e. The van der Waals surface area contributed by atoms with Crippen LogP contribution in [0.5, 0.6) is 11.5 Å². The van der Waals surface area contributed by atoms with Gasteiger partial charge in [0.25, 0.3) is 5.91 Å². The van der Waals surface area contributed by atoms with E-state index in [9.17, 15) is 9.18 Å². The molecule has 0 atom stereocenters. The Labute approximate surface area is 154 Å². The van der Waals surface area contributed by atoms with Gasteiger partial charge in [-0.05, 0) is 24.3 Å². The number of nitrogens with one attached hydrogen (secondary N) is 1. The quantitative estimate of drug-likeness (QED) is 0.713. The standard InChI is InChI=1S/C19H17FN2O3S/c1-24-16-8-7-12(9-17(16)25-2)19-22-15(11-26-19)18(23)21-10-13-5-3-4-6-14(13)20/h3-9,11H,10H2,1-2H3,(H,21,23). The van der Waals surface area contributed by atoms with Crippen molar-refractivity contribution in [2.24, 2.45) is 0 Å². The first-order valence-electron chi connectivity index (χ1n) is 7.82. The van der Waals surface area contributed by atoms with Gasteiger partial charge in [0.15, 0.2) is 11.5 Å². The number of methoxy groups -OCH3 is 2. The number of nitrogens with zero attached hydrogens (tertiary/aromatic N) is 1. The molecule has 0 aliphatic heterocycles. The average Bonchev–Trinajstić information content (AvgIpc) is 3.17. The van der Waals surface area contributed by atoms with Crippen molar-refractivity contribution in [3.05, 3.63) is 64.9 Å². The van der Waals surface area contributed by atoms with Gasteiger partial charge in [-0.15, -0.1) is 11.3 Å². The lowest BCUT2D eigenvalue weighted by Crippen LogP contribution is -2.23. The minimum absolute atomic E-state index is 0.106. The van der Waals surface area contributed by atoms with Crippen LogP contribution in [0.15, 0.2) is 47.8 Å². The molecular weight excluding hydrogens is 355 g/mol. The Balaban J connectivity index is 1.73. The first-order valence-corrected chi connectivity index (χ1v) is 8.70. The number of amides is 1. The fraction of sp³-hybridized carbons (Fsp3) is 0.158. The van der Waals surface area contributed by atoms with E-state index in [0.29, 0.717) is 22.1 Å². The molecule has 0 aliphatic rings. The molecule has 134 valence electrons. The summed E-state index contributed by atoms with van der Waals surface area (Å²) in [6.07, 6.45) is 0. The normalized spacial score (nSPS) is 10.4. The van der Waals surface area contributed by atoms with Crippen molar-refractivity contribution in [3.8, 4) is 22.1 Å². The molecule has 0 aliphatic carbocycles.